The van der Waals surface area contributed by atoms with Crippen LogP contribution < -0.4 is 5.32 Å². The monoisotopic (exact) mass is 377 g/mol. The SMILES string of the molecule is Cl.O=C(CC1(Cc2ccc(F)cc2)CCNCC1)OCc1ccccc1. The average Bonchev–Trinajstić information content (AvgIpc) is 2.63. The molecule has 1 aliphatic heterocycles. The van der Waals surface area contributed by atoms with Crippen molar-refractivity contribution >= 4 is 18.4 Å². The minimum atomic E-state index is -0.231. The van der Waals surface area contributed by atoms with Gasteiger partial charge in [0.15, 0.2) is 0 Å². The first-order valence-electron chi connectivity index (χ1n) is 8.80. The number of hydrogen-bond acceptors (Lipinski definition) is 3. The molecule has 140 valence electrons. The van der Waals surface area contributed by atoms with Gasteiger partial charge in [-0.05, 0) is 61.0 Å². The first-order chi connectivity index (χ1) is 12.2. The molecule has 0 atom stereocenters. The van der Waals surface area contributed by atoms with Crippen molar-refractivity contribution in [1.29, 1.82) is 0 Å². The number of hydrogen-bond donors (Lipinski definition) is 1. The molecule has 0 amide bonds. The summed E-state index contributed by atoms with van der Waals surface area (Å²) in [7, 11) is 0. The van der Waals surface area contributed by atoms with Gasteiger partial charge in [0, 0.05) is 0 Å². The maximum absolute atomic E-state index is 13.1. The van der Waals surface area contributed by atoms with E-state index in [4.69, 9.17) is 4.74 Å². The second kappa shape index (κ2) is 9.70. The molecule has 0 spiro atoms. The van der Waals surface area contributed by atoms with Gasteiger partial charge in [-0.25, -0.2) is 4.39 Å². The van der Waals surface area contributed by atoms with E-state index in [1.54, 1.807) is 0 Å². The molecule has 1 aliphatic rings. The summed E-state index contributed by atoms with van der Waals surface area (Å²) < 4.78 is 18.6. The summed E-state index contributed by atoms with van der Waals surface area (Å²) in [4.78, 5) is 12.4. The van der Waals surface area contributed by atoms with Gasteiger partial charge in [-0.2, -0.15) is 0 Å². The minimum absolute atomic E-state index is 0. The number of nitrogens with one attached hydrogen (secondary N) is 1. The number of ether oxygens (including phenoxy) is 1. The molecule has 1 heterocycles. The molecule has 26 heavy (non-hydrogen) atoms. The lowest BCUT2D eigenvalue weighted by Gasteiger charge is -2.37. The van der Waals surface area contributed by atoms with Crippen LogP contribution in [0.1, 0.15) is 30.4 Å². The van der Waals surface area contributed by atoms with Crippen LogP contribution in [-0.4, -0.2) is 19.1 Å². The smallest absolute Gasteiger partial charge is 0.306 e. The molecule has 1 N–H and O–H groups in total. The minimum Gasteiger partial charge on any atom is -0.461 e. The number of rotatable bonds is 6. The molecule has 0 bridgehead atoms. The third-order valence-electron chi connectivity index (χ3n) is 4.92. The predicted octanol–water partition coefficient (Wildman–Crippen LogP) is 4.29. The lowest BCUT2D eigenvalue weighted by molar-refractivity contribution is -0.148. The Bertz CT molecular complexity index is 685. The summed E-state index contributed by atoms with van der Waals surface area (Å²) in [6, 6.07) is 16.3. The molecule has 3 nitrogen and oxygen atoms in total. The summed E-state index contributed by atoms with van der Waals surface area (Å²) in [6.07, 6.45) is 3.02. The molecule has 0 saturated carbocycles. The zero-order valence-electron chi connectivity index (χ0n) is 14.7. The maximum atomic E-state index is 13.1. The third kappa shape index (κ3) is 5.82. The zero-order chi connectivity index (χ0) is 17.5. The van der Waals surface area contributed by atoms with Crippen molar-refractivity contribution in [2.24, 2.45) is 5.41 Å². The normalized spacial score (nSPS) is 15.7. The predicted molar refractivity (Wildman–Crippen MR) is 103 cm³/mol. The van der Waals surface area contributed by atoms with Crippen LogP contribution in [0.15, 0.2) is 54.6 Å². The van der Waals surface area contributed by atoms with Crippen LogP contribution in [-0.2, 0) is 22.6 Å². The molecule has 1 saturated heterocycles. The lowest BCUT2D eigenvalue weighted by Crippen LogP contribution is -2.40. The van der Waals surface area contributed by atoms with Crippen LogP contribution in [0.25, 0.3) is 0 Å². The van der Waals surface area contributed by atoms with Gasteiger partial charge in [-0.3, -0.25) is 4.79 Å². The van der Waals surface area contributed by atoms with E-state index in [9.17, 15) is 9.18 Å². The van der Waals surface area contributed by atoms with Crippen molar-refractivity contribution < 1.29 is 13.9 Å². The second-order valence-corrected chi connectivity index (χ2v) is 6.88. The number of carbonyl (C=O) groups excluding carboxylic acids is 1. The fourth-order valence-electron chi connectivity index (χ4n) is 3.50. The highest BCUT2D eigenvalue weighted by molar-refractivity contribution is 5.85. The van der Waals surface area contributed by atoms with E-state index >= 15 is 0 Å². The van der Waals surface area contributed by atoms with Crippen molar-refractivity contribution in [1.82, 2.24) is 5.32 Å². The molecule has 0 unspecified atom stereocenters. The van der Waals surface area contributed by atoms with Crippen molar-refractivity contribution in [3.05, 3.63) is 71.5 Å². The van der Waals surface area contributed by atoms with Crippen molar-refractivity contribution in [2.45, 2.75) is 32.3 Å². The van der Waals surface area contributed by atoms with Crippen molar-refractivity contribution in [3.63, 3.8) is 0 Å². The highest BCUT2D eigenvalue weighted by atomic mass is 35.5. The fraction of sp³-hybridized carbons (Fsp3) is 0.381. The van der Waals surface area contributed by atoms with E-state index in [1.807, 2.05) is 42.5 Å². The molecule has 1 fully saturated rings. The van der Waals surface area contributed by atoms with E-state index in [1.165, 1.54) is 12.1 Å². The first-order valence-corrected chi connectivity index (χ1v) is 8.80. The molecule has 3 rings (SSSR count). The summed E-state index contributed by atoms with van der Waals surface area (Å²) in [5, 5.41) is 3.35. The van der Waals surface area contributed by atoms with Gasteiger partial charge in [-0.1, -0.05) is 42.5 Å². The van der Waals surface area contributed by atoms with Gasteiger partial charge in [0.1, 0.15) is 12.4 Å². The molecule has 5 heteroatoms. The Morgan fingerprint density at radius 2 is 1.65 bits per heavy atom. The van der Waals surface area contributed by atoms with Crippen LogP contribution in [0.5, 0.6) is 0 Å². The Hall–Kier alpha value is -1.91. The number of piperidine rings is 1. The summed E-state index contributed by atoms with van der Waals surface area (Å²) >= 11 is 0. The molecular weight excluding hydrogens is 353 g/mol. The molecule has 0 aliphatic carbocycles. The Balaban J connectivity index is 0.00000243. The fourth-order valence-corrected chi connectivity index (χ4v) is 3.50. The van der Waals surface area contributed by atoms with Crippen LogP contribution in [0.2, 0.25) is 0 Å². The molecule has 0 radical (unpaired) electrons. The van der Waals surface area contributed by atoms with Crippen molar-refractivity contribution in [2.75, 3.05) is 13.1 Å². The van der Waals surface area contributed by atoms with Gasteiger partial charge in [0.05, 0.1) is 6.42 Å². The largest absolute Gasteiger partial charge is 0.461 e. The Morgan fingerprint density at radius 1 is 1.00 bits per heavy atom. The number of esters is 1. The highest BCUT2D eigenvalue weighted by Crippen LogP contribution is 2.37. The maximum Gasteiger partial charge on any atom is 0.306 e. The molecule has 2 aromatic rings. The van der Waals surface area contributed by atoms with Gasteiger partial charge in [0.25, 0.3) is 0 Å². The van der Waals surface area contributed by atoms with E-state index < -0.39 is 0 Å². The number of benzene rings is 2. The Kier molecular flexibility index (Phi) is 7.61. The third-order valence-corrected chi connectivity index (χ3v) is 4.92. The number of carbonyl (C=O) groups is 1. The van der Waals surface area contributed by atoms with E-state index in [0.29, 0.717) is 13.0 Å². The van der Waals surface area contributed by atoms with E-state index in [2.05, 4.69) is 5.32 Å². The van der Waals surface area contributed by atoms with Gasteiger partial charge in [0.2, 0.25) is 0 Å². The average molecular weight is 378 g/mol. The molecule has 0 aromatic heterocycles. The molecule has 2 aromatic carbocycles. The lowest BCUT2D eigenvalue weighted by atomic mass is 9.72. The molecular formula is C21H25ClFNO2. The van der Waals surface area contributed by atoms with Crippen molar-refractivity contribution in [3.8, 4) is 0 Å². The highest BCUT2D eigenvalue weighted by Gasteiger charge is 2.35. The standard InChI is InChI=1S/C21H24FNO2.ClH/c22-19-8-6-17(7-9-19)14-21(10-12-23-13-11-21)15-20(24)25-16-18-4-2-1-3-5-18;/h1-9,23H,10-16H2;1H. The summed E-state index contributed by atoms with van der Waals surface area (Å²) in [5.41, 5.74) is 1.95. The topological polar surface area (TPSA) is 38.3 Å². The zero-order valence-corrected chi connectivity index (χ0v) is 15.6. The Morgan fingerprint density at radius 3 is 2.31 bits per heavy atom. The van der Waals surface area contributed by atoms with Crippen LogP contribution in [0.4, 0.5) is 4.39 Å². The first kappa shape index (κ1) is 20.4. The number of halogens is 2. The van der Waals surface area contributed by atoms with E-state index in [-0.39, 0.29) is 29.6 Å². The summed E-state index contributed by atoms with van der Waals surface area (Å²) in [6.45, 7) is 2.10. The van der Waals surface area contributed by atoms with Crippen LogP contribution in [0.3, 0.4) is 0 Å². The van der Waals surface area contributed by atoms with Crippen LogP contribution in [0, 0.1) is 11.2 Å². The van der Waals surface area contributed by atoms with E-state index in [0.717, 1.165) is 43.5 Å². The van der Waals surface area contributed by atoms with Gasteiger partial charge < -0.3 is 10.1 Å². The van der Waals surface area contributed by atoms with Gasteiger partial charge >= 0.3 is 5.97 Å². The quantitative estimate of drug-likeness (QED) is 0.763. The summed E-state index contributed by atoms with van der Waals surface area (Å²) in [5.74, 6) is -0.391. The Labute approximate surface area is 160 Å². The second-order valence-electron chi connectivity index (χ2n) is 6.88. The van der Waals surface area contributed by atoms with Gasteiger partial charge in [-0.15, -0.1) is 12.4 Å². The van der Waals surface area contributed by atoms with Crippen LogP contribution >= 0.6 is 12.4 Å².